The van der Waals surface area contributed by atoms with Crippen LogP contribution < -0.4 is 9.46 Å². The Morgan fingerprint density at radius 2 is 1.87 bits per heavy atom. The van der Waals surface area contributed by atoms with Crippen LogP contribution in [0, 0.1) is 13.8 Å². The second-order valence-corrected chi connectivity index (χ2v) is 8.50. The van der Waals surface area contributed by atoms with E-state index in [2.05, 4.69) is 19.8 Å². The maximum atomic E-state index is 12.7. The van der Waals surface area contributed by atoms with Crippen molar-refractivity contribution in [2.24, 2.45) is 7.05 Å². The average molecular weight is 448 g/mol. The van der Waals surface area contributed by atoms with Crippen molar-refractivity contribution < 1.29 is 23.0 Å². The molecule has 2 N–H and O–H groups in total. The normalized spacial score (nSPS) is 11.5. The Morgan fingerprint density at radius 3 is 2.52 bits per heavy atom. The van der Waals surface area contributed by atoms with Gasteiger partial charge in [-0.2, -0.15) is 10.1 Å². The number of aliphatic hydroxyl groups is 1. The zero-order valence-electron chi connectivity index (χ0n) is 17.6. The molecule has 2 heterocycles. The highest BCUT2D eigenvalue weighted by Crippen LogP contribution is 2.29. The lowest BCUT2D eigenvalue weighted by atomic mass is 10.00. The number of benzene rings is 1. The van der Waals surface area contributed by atoms with Crippen LogP contribution >= 0.6 is 0 Å². The van der Waals surface area contributed by atoms with E-state index in [0.717, 1.165) is 16.7 Å². The largest absolute Gasteiger partial charge is 0.475 e. The van der Waals surface area contributed by atoms with E-state index in [-0.39, 0.29) is 43.2 Å². The molecule has 0 bridgehead atoms. The summed E-state index contributed by atoms with van der Waals surface area (Å²) < 4.78 is 40.1. The molecule has 0 aliphatic rings. The second-order valence-electron chi connectivity index (χ2n) is 6.82. The Bertz CT molecular complexity index is 1130. The highest BCUT2D eigenvalue weighted by Gasteiger charge is 2.20. The van der Waals surface area contributed by atoms with Crippen LogP contribution in [0.3, 0.4) is 0 Å². The first-order valence-electron chi connectivity index (χ1n) is 9.58. The van der Waals surface area contributed by atoms with Gasteiger partial charge in [-0.3, -0.25) is 4.68 Å². The summed E-state index contributed by atoms with van der Waals surface area (Å²) in [6.07, 6.45) is 2.63. The third-order valence-electron chi connectivity index (χ3n) is 4.37. The fraction of sp³-hybridized carbons (Fsp3) is 0.350. The van der Waals surface area contributed by atoms with Crippen molar-refractivity contribution in [1.29, 1.82) is 0 Å². The Hall–Kier alpha value is -3.02. The summed E-state index contributed by atoms with van der Waals surface area (Å²) in [5.74, 6) is 0.0828. The van der Waals surface area contributed by atoms with Gasteiger partial charge in [0.1, 0.15) is 11.5 Å². The quantitative estimate of drug-likeness (QED) is 0.449. The summed E-state index contributed by atoms with van der Waals surface area (Å²) in [6.45, 7) is 4.46. The van der Waals surface area contributed by atoms with Crippen molar-refractivity contribution in [3.63, 3.8) is 0 Å². The summed E-state index contributed by atoms with van der Waals surface area (Å²) in [5.41, 5.74) is 3.36. The Balaban J connectivity index is 1.95. The van der Waals surface area contributed by atoms with Gasteiger partial charge in [-0.05, 0) is 25.0 Å². The number of aryl methyl sites for hydroxylation is 3. The molecule has 0 saturated carbocycles. The van der Waals surface area contributed by atoms with Gasteiger partial charge in [-0.25, -0.2) is 18.1 Å². The molecule has 10 nitrogen and oxygen atoms in total. The van der Waals surface area contributed by atoms with E-state index in [9.17, 15) is 8.42 Å². The molecule has 0 spiro atoms. The minimum absolute atomic E-state index is 0.00375. The summed E-state index contributed by atoms with van der Waals surface area (Å²) in [7, 11) is -2.30. The summed E-state index contributed by atoms with van der Waals surface area (Å²) >= 11 is 0. The molecule has 1 aromatic carbocycles. The first-order valence-corrected chi connectivity index (χ1v) is 11.1. The number of ether oxygens (including phenoxy) is 2. The summed E-state index contributed by atoms with van der Waals surface area (Å²) in [6, 6.07) is 7.50. The van der Waals surface area contributed by atoms with Crippen molar-refractivity contribution in [2.75, 3.05) is 31.1 Å². The van der Waals surface area contributed by atoms with E-state index in [1.54, 1.807) is 13.1 Å². The molecule has 0 atom stereocenters. The smallest absolute Gasteiger partial charge is 0.267 e. The van der Waals surface area contributed by atoms with E-state index in [1.165, 1.54) is 17.1 Å². The molecule has 0 radical (unpaired) electrons. The predicted octanol–water partition coefficient (Wildman–Crippen LogP) is 1.68. The van der Waals surface area contributed by atoms with E-state index in [4.69, 9.17) is 14.6 Å². The number of hydrogen-bond donors (Lipinski definition) is 2. The van der Waals surface area contributed by atoms with Gasteiger partial charge in [0.25, 0.3) is 10.0 Å². The van der Waals surface area contributed by atoms with Gasteiger partial charge in [0.05, 0.1) is 31.7 Å². The fourth-order valence-electron chi connectivity index (χ4n) is 2.98. The standard InChI is InChI=1S/C20H25N5O5S/c1-14-5-4-6-15(2)19(14)17-11-18(30-10-9-29-8-7-26)23-20(22-17)24-31(27,28)16-12-21-25(3)13-16/h4-6,11-13,26H,7-10H2,1-3H3,(H,22,23,24). The summed E-state index contributed by atoms with van der Waals surface area (Å²) in [4.78, 5) is 8.62. The van der Waals surface area contributed by atoms with Gasteiger partial charge in [0, 0.05) is 24.9 Å². The third kappa shape index (κ3) is 5.78. The zero-order valence-corrected chi connectivity index (χ0v) is 18.4. The molecular weight excluding hydrogens is 422 g/mol. The topological polar surface area (TPSA) is 128 Å². The van der Waals surface area contributed by atoms with Crippen molar-refractivity contribution in [3.8, 4) is 17.1 Å². The van der Waals surface area contributed by atoms with Gasteiger partial charge < -0.3 is 14.6 Å². The molecule has 3 rings (SSSR count). The molecule has 2 aromatic heterocycles. The number of hydrogen-bond acceptors (Lipinski definition) is 8. The van der Waals surface area contributed by atoms with Gasteiger partial charge >= 0.3 is 0 Å². The lowest BCUT2D eigenvalue weighted by Gasteiger charge is -2.13. The molecule has 0 aliphatic carbocycles. The van der Waals surface area contributed by atoms with Crippen LogP contribution in [0.4, 0.5) is 5.95 Å². The minimum Gasteiger partial charge on any atom is -0.475 e. The molecule has 3 aromatic rings. The van der Waals surface area contributed by atoms with Crippen molar-refractivity contribution in [3.05, 3.63) is 47.8 Å². The number of anilines is 1. The van der Waals surface area contributed by atoms with Crippen LogP contribution in [0.25, 0.3) is 11.3 Å². The van der Waals surface area contributed by atoms with Gasteiger partial charge in [0.15, 0.2) is 0 Å². The second kappa shape index (κ2) is 9.86. The first kappa shape index (κ1) is 22.7. The molecule has 166 valence electrons. The van der Waals surface area contributed by atoms with E-state index in [0.29, 0.717) is 5.69 Å². The Morgan fingerprint density at radius 1 is 1.13 bits per heavy atom. The average Bonchev–Trinajstić information content (AvgIpc) is 3.15. The number of nitrogens with zero attached hydrogens (tertiary/aromatic N) is 4. The molecule has 0 aliphatic heterocycles. The Labute approximate surface area is 180 Å². The lowest BCUT2D eigenvalue weighted by Crippen LogP contribution is -2.16. The number of sulfonamides is 1. The highest BCUT2D eigenvalue weighted by atomic mass is 32.2. The highest BCUT2D eigenvalue weighted by molar-refractivity contribution is 7.92. The minimum atomic E-state index is -3.93. The van der Waals surface area contributed by atoms with E-state index in [1.807, 2.05) is 32.0 Å². The number of rotatable bonds is 10. The fourth-order valence-corrected chi connectivity index (χ4v) is 3.91. The van der Waals surface area contributed by atoms with Gasteiger partial charge in [0.2, 0.25) is 11.8 Å². The molecule has 0 unspecified atom stereocenters. The molecule has 31 heavy (non-hydrogen) atoms. The molecule has 11 heteroatoms. The predicted molar refractivity (Wildman–Crippen MR) is 114 cm³/mol. The molecule has 0 amide bonds. The monoisotopic (exact) mass is 447 g/mol. The maximum Gasteiger partial charge on any atom is 0.267 e. The van der Waals surface area contributed by atoms with E-state index >= 15 is 0 Å². The van der Waals surface area contributed by atoms with Crippen LogP contribution in [0.5, 0.6) is 5.88 Å². The van der Waals surface area contributed by atoms with Crippen LogP contribution in [0.2, 0.25) is 0 Å². The number of nitrogens with one attached hydrogen (secondary N) is 1. The zero-order chi connectivity index (χ0) is 22.4. The van der Waals surface area contributed by atoms with Gasteiger partial charge in [-0.15, -0.1) is 0 Å². The number of aliphatic hydroxyl groups excluding tert-OH is 1. The van der Waals surface area contributed by atoms with Crippen molar-refractivity contribution in [2.45, 2.75) is 18.7 Å². The van der Waals surface area contributed by atoms with Crippen LogP contribution in [0.1, 0.15) is 11.1 Å². The summed E-state index contributed by atoms with van der Waals surface area (Å²) in [5, 5.41) is 12.7. The first-order chi connectivity index (χ1) is 14.8. The van der Waals surface area contributed by atoms with Crippen molar-refractivity contribution in [1.82, 2.24) is 19.7 Å². The van der Waals surface area contributed by atoms with Crippen LogP contribution in [-0.4, -0.2) is 59.7 Å². The van der Waals surface area contributed by atoms with Gasteiger partial charge in [-0.1, -0.05) is 18.2 Å². The van der Waals surface area contributed by atoms with Crippen molar-refractivity contribution >= 4 is 16.0 Å². The number of aromatic nitrogens is 4. The van der Waals surface area contributed by atoms with E-state index < -0.39 is 10.0 Å². The molecular formula is C20H25N5O5S. The van der Waals surface area contributed by atoms with Crippen LogP contribution in [0.15, 0.2) is 41.6 Å². The molecule has 0 saturated heterocycles. The SMILES string of the molecule is Cc1cccc(C)c1-c1cc(OCCOCCO)nc(NS(=O)(=O)c2cnn(C)c2)n1. The lowest BCUT2D eigenvalue weighted by molar-refractivity contribution is 0.0695. The maximum absolute atomic E-state index is 12.7. The Kier molecular flexibility index (Phi) is 7.21. The van der Waals surface area contributed by atoms with Crippen LogP contribution in [-0.2, 0) is 21.8 Å². The third-order valence-corrected chi connectivity index (χ3v) is 5.65. The molecule has 0 fully saturated rings.